The maximum Gasteiger partial charge on any atom is 0.305 e. The van der Waals surface area contributed by atoms with Crippen molar-refractivity contribution in [2.75, 3.05) is 52.9 Å². The summed E-state index contributed by atoms with van der Waals surface area (Å²) in [6.07, 6.45) is 5.09. The lowest BCUT2D eigenvalue weighted by Gasteiger charge is -2.09. The summed E-state index contributed by atoms with van der Waals surface area (Å²) in [7, 11) is 0. The lowest BCUT2D eigenvalue weighted by Crippen LogP contribution is -2.15. The van der Waals surface area contributed by atoms with Crippen molar-refractivity contribution in [2.45, 2.75) is 59.0 Å². The Bertz CT molecular complexity index is 270. The summed E-state index contributed by atoms with van der Waals surface area (Å²) in [5.74, 6) is -0.135. The predicted octanol–water partition coefficient (Wildman–Crippen LogP) is 2.97. The molecule has 0 N–H and O–H groups in total. The number of carbonyl (C=O) groups excluding carboxylic acids is 1. The van der Waals surface area contributed by atoms with Gasteiger partial charge in [0, 0.05) is 6.42 Å². The zero-order valence-electron chi connectivity index (χ0n) is 15.7. The first-order valence-electron chi connectivity index (χ1n) is 9.17. The molecule has 0 atom stereocenters. The molecule has 6 nitrogen and oxygen atoms in total. The molecule has 6 heteroatoms. The highest BCUT2D eigenvalue weighted by atomic mass is 16.6. The molecule has 0 unspecified atom stereocenters. The monoisotopic (exact) mass is 348 g/mol. The molecule has 0 radical (unpaired) electrons. The Balaban J connectivity index is 3.10. The second kappa shape index (κ2) is 18.6. The molecule has 0 bridgehead atoms. The van der Waals surface area contributed by atoms with E-state index in [2.05, 4.69) is 6.92 Å². The third kappa shape index (κ3) is 19.4. The zero-order valence-corrected chi connectivity index (χ0v) is 15.7. The number of hydrogen-bond acceptors (Lipinski definition) is 6. The zero-order chi connectivity index (χ0) is 17.9. The van der Waals surface area contributed by atoms with Gasteiger partial charge in [-0.05, 0) is 20.3 Å². The summed E-state index contributed by atoms with van der Waals surface area (Å²) < 4.78 is 26.5. The van der Waals surface area contributed by atoms with Gasteiger partial charge in [0.25, 0.3) is 0 Å². The summed E-state index contributed by atoms with van der Waals surface area (Å²) >= 11 is 0. The van der Waals surface area contributed by atoms with Gasteiger partial charge >= 0.3 is 5.97 Å². The Morgan fingerprint density at radius 2 is 1.29 bits per heavy atom. The normalized spacial score (nSPS) is 11.2. The minimum absolute atomic E-state index is 0.135. The van der Waals surface area contributed by atoms with Crippen LogP contribution in [0.15, 0.2) is 0 Å². The fourth-order valence-corrected chi connectivity index (χ4v) is 1.87. The van der Waals surface area contributed by atoms with Crippen LogP contribution in [0.2, 0.25) is 0 Å². The molecule has 0 aliphatic heterocycles. The summed E-state index contributed by atoms with van der Waals surface area (Å²) in [5, 5.41) is 0. The number of hydrogen-bond donors (Lipinski definition) is 0. The summed E-state index contributed by atoms with van der Waals surface area (Å²) in [4.78, 5) is 11.4. The van der Waals surface area contributed by atoms with Crippen LogP contribution < -0.4 is 0 Å². The summed E-state index contributed by atoms with van der Waals surface area (Å²) in [5.41, 5.74) is 0. The predicted molar refractivity (Wildman–Crippen MR) is 93.3 cm³/mol. The molecular formula is C18H36O6. The molecule has 0 amide bonds. The van der Waals surface area contributed by atoms with Gasteiger partial charge in [-0.3, -0.25) is 4.79 Å². The van der Waals surface area contributed by atoms with E-state index >= 15 is 0 Å². The standard InChI is InChI=1S/C18H36O6/c1-4-5-6-7-8-18(19)24-16-14-22-12-10-20-9-11-21-13-15-23-17(2)3/h17H,4-16H2,1-3H3. The molecule has 0 aliphatic rings. The molecule has 24 heavy (non-hydrogen) atoms. The van der Waals surface area contributed by atoms with Gasteiger partial charge in [-0.1, -0.05) is 26.2 Å². The van der Waals surface area contributed by atoms with E-state index < -0.39 is 0 Å². The van der Waals surface area contributed by atoms with Gasteiger partial charge in [0.05, 0.1) is 52.4 Å². The van der Waals surface area contributed by atoms with Crippen LogP contribution in [0.1, 0.15) is 52.9 Å². The largest absolute Gasteiger partial charge is 0.463 e. The van der Waals surface area contributed by atoms with Crippen LogP contribution in [0.4, 0.5) is 0 Å². The van der Waals surface area contributed by atoms with Crippen molar-refractivity contribution >= 4 is 5.97 Å². The highest BCUT2D eigenvalue weighted by Gasteiger charge is 2.02. The smallest absolute Gasteiger partial charge is 0.305 e. The van der Waals surface area contributed by atoms with Crippen molar-refractivity contribution in [3.8, 4) is 0 Å². The van der Waals surface area contributed by atoms with Crippen LogP contribution in [-0.4, -0.2) is 64.9 Å². The molecule has 0 spiro atoms. The molecule has 0 aliphatic carbocycles. The molecule has 0 fully saturated rings. The maximum absolute atomic E-state index is 11.4. The van der Waals surface area contributed by atoms with Crippen molar-refractivity contribution in [3.63, 3.8) is 0 Å². The van der Waals surface area contributed by atoms with E-state index in [1.165, 1.54) is 12.8 Å². The van der Waals surface area contributed by atoms with E-state index in [9.17, 15) is 4.79 Å². The topological polar surface area (TPSA) is 63.2 Å². The van der Waals surface area contributed by atoms with E-state index in [-0.39, 0.29) is 12.1 Å². The number of carbonyl (C=O) groups is 1. The van der Waals surface area contributed by atoms with Gasteiger partial charge < -0.3 is 23.7 Å². The Morgan fingerprint density at radius 3 is 1.83 bits per heavy atom. The highest BCUT2D eigenvalue weighted by molar-refractivity contribution is 5.69. The van der Waals surface area contributed by atoms with Crippen LogP contribution in [0, 0.1) is 0 Å². The lowest BCUT2D eigenvalue weighted by molar-refractivity contribution is -0.145. The molecule has 144 valence electrons. The number of ether oxygens (including phenoxy) is 5. The van der Waals surface area contributed by atoms with Gasteiger partial charge in [-0.2, -0.15) is 0 Å². The lowest BCUT2D eigenvalue weighted by atomic mass is 10.2. The van der Waals surface area contributed by atoms with Gasteiger partial charge in [0.2, 0.25) is 0 Å². The molecule has 0 aromatic heterocycles. The van der Waals surface area contributed by atoms with E-state index in [4.69, 9.17) is 23.7 Å². The molecule has 0 heterocycles. The average Bonchev–Trinajstić information content (AvgIpc) is 2.55. The van der Waals surface area contributed by atoms with Crippen molar-refractivity contribution in [1.29, 1.82) is 0 Å². The molecule has 0 saturated carbocycles. The minimum Gasteiger partial charge on any atom is -0.463 e. The van der Waals surface area contributed by atoms with Crippen LogP contribution in [-0.2, 0) is 28.5 Å². The first kappa shape index (κ1) is 23.3. The highest BCUT2D eigenvalue weighted by Crippen LogP contribution is 2.03. The van der Waals surface area contributed by atoms with Crippen molar-refractivity contribution in [3.05, 3.63) is 0 Å². The molecule has 0 aromatic rings. The number of rotatable bonds is 18. The second-order valence-corrected chi connectivity index (χ2v) is 5.79. The van der Waals surface area contributed by atoms with E-state index in [0.29, 0.717) is 59.3 Å². The van der Waals surface area contributed by atoms with Gasteiger partial charge in [0.15, 0.2) is 0 Å². The average molecular weight is 348 g/mol. The number of unbranched alkanes of at least 4 members (excludes halogenated alkanes) is 3. The van der Waals surface area contributed by atoms with Crippen molar-refractivity contribution in [2.24, 2.45) is 0 Å². The van der Waals surface area contributed by atoms with Gasteiger partial charge in [-0.25, -0.2) is 0 Å². The van der Waals surface area contributed by atoms with Crippen LogP contribution in [0.3, 0.4) is 0 Å². The van der Waals surface area contributed by atoms with Crippen molar-refractivity contribution < 1.29 is 28.5 Å². The first-order valence-corrected chi connectivity index (χ1v) is 9.17. The van der Waals surface area contributed by atoms with Crippen LogP contribution in [0.5, 0.6) is 0 Å². The Labute approximate surface area is 147 Å². The molecule has 0 saturated heterocycles. The van der Waals surface area contributed by atoms with E-state index in [1.54, 1.807) is 0 Å². The minimum atomic E-state index is -0.135. The van der Waals surface area contributed by atoms with Crippen LogP contribution >= 0.6 is 0 Å². The first-order chi connectivity index (χ1) is 11.7. The number of esters is 1. The Hall–Kier alpha value is -0.690. The van der Waals surface area contributed by atoms with E-state index in [0.717, 1.165) is 12.8 Å². The third-order valence-electron chi connectivity index (χ3n) is 3.15. The Morgan fingerprint density at radius 1 is 0.750 bits per heavy atom. The van der Waals surface area contributed by atoms with Crippen LogP contribution in [0.25, 0.3) is 0 Å². The SMILES string of the molecule is CCCCCCC(=O)OCCOCCOCCOCCOC(C)C. The fraction of sp³-hybridized carbons (Fsp3) is 0.944. The third-order valence-corrected chi connectivity index (χ3v) is 3.15. The molecule has 0 aromatic carbocycles. The van der Waals surface area contributed by atoms with Gasteiger partial charge in [-0.15, -0.1) is 0 Å². The summed E-state index contributed by atoms with van der Waals surface area (Å²) in [6.45, 7) is 10.2. The second-order valence-electron chi connectivity index (χ2n) is 5.79. The molecule has 0 rings (SSSR count). The summed E-state index contributed by atoms with van der Waals surface area (Å²) in [6, 6.07) is 0. The molecular weight excluding hydrogens is 312 g/mol. The quantitative estimate of drug-likeness (QED) is 0.280. The maximum atomic E-state index is 11.4. The fourth-order valence-electron chi connectivity index (χ4n) is 1.87. The Kier molecular flexibility index (Phi) is 18.1. The van der Waals surface area contributed by atoms with E-state index in [1.807, 2.05) is 13.8 Å². The van der Waals surface area contributed by atoms with Gasteiger partial charge in [0.1, 0.15) is 6.61 Å². The van der Waals surface area contributed by atoms with Crippen molar-refractivity contribution in [1.82, 2.24) is 0 Å².